The lowest BCUT2D eigenvalue weighted by molar-refractivity contribution is 0.102. The Hall–Kier alpha value is -1.94. The zero-order chi connectivity index (χ0) is 19.6. The van der Waals surface area contributed by atoms with E-state index >= 15 is 0 Å². The highest BCUT2D eigenvalue weighted by Gasteiger charge is 2.13. The van der Waals surface area contributed by atoms with Crippen molar-refractivity contribution in [3.63, 3.8) is 0 Å². The van der Waals surface area contributed by atoms with Crippen LogP contribution in [0, 0.1) is 0 Å². The van der Waals surface area contributed by atoms with Gasteiger partial charge in [0, 0.05) is 21.1 Å². The molecule has 3 rings (SSSR count). The van der Waals surface area contributed by atoms with Crippen LogP contribution in [0.15, 0.2) is 52.3 Å². The number of nitrogens with zero attached hydrogens (tertiary/aromatic N) is 1. The first-order chi connectivity index (χ1) is 12.7. The summed E-state index contributed by atoms with van der Waals surface area (Å²) < 4.78 is 25.7. The number of anilines is 2. The van der Waals surface area contributed by atoms with Crippen molar-refractivity contribution in [2.75, 3.05) is 16.3 Å². The van der Waals surface area contributed by atoms with E-state index in [1.165, 1.54) is 11.3 Å². The highest BCUT2D eigenvalue weighted by atomic mass is 79.9. The van der Waals surface area contributed by atoms with Gasteiger partial charge in [-0.1, -0.05) is 39.7 Å². The molecule has 140 valence electrons. The predicted molar refractivity (Wildman–Crippen MR) is 113 cm³/mol. The lowest BCUT2D eigenvalue weighted by atomic mass is 10.1. The van der Waals surface area contributed by atoms with E-state index in [1.807, 2.05) is 0 Å². The second kappa shape index (κ2) is 7.97. The van der Waals surface area contributed by atoms with Crippen LogP contribution >= 0.6 is 38.9 Å². The number of hydrogen-bond acceptors (Lipinski definition) is 5. The Bertz CT molecular complexity index is 1100. The molecule has 2 aromatic carbocycles. The van der Waals surface area contributed by atoms with Crippen LogP contribution < -0.4 is 10.0 Å². The van der Waals surface area contributed by atoms with Crippen LogP contribution in [0.5, 0.6) is 0 Å². The van der Waals surface area contributed by atoms with Crippen molar-refractivity contribution in [3.8, 4) is 11.3 Å². The third kappa shape index (κ3) is 5.29. The van der Waals surface area contributed by atoms with Crippen molar-refractivity contribution in [1.29, 1.82) is 0 Å². The van der Waals surface area contributed by atoms with Crippen LogP contribution in [0.2, 0.25) is 5.02 Å². The van der Waals surface area contributed by atoms with E-state index in [1.54, 1.807) is 47.8 Å². The topological polar surface area (TPSA) is 88.2 Å². The summed E-state index contributed by atoms with van der Waals surface area (Å²) >= 11 is 10.7. The fourth-order valence-electron chi connectivity index (χ4n) is 2.22. The molecule has 0 saturated carbocycles. The van der Waals surface area contributed by atoms with Gasteiger partial charge in [-0.05, 0) is 30.3 Å². The van der Waals surface area contributed by atoms with E-state index in [-0.39, 0.29) is 5.91 Å². The number of rotatable bonds is 5. The second-order valence-corrected chi connectivity index (χ2v) is 9.50. The summed E-state index contributed by atoms with van der Waals surface area (Å²) in [6.45, 7) is 0. The summed E-state index contributed by atoms with van der Waals surface area (Å²) in [7, 11) is -3.32. The first kappa shape index (κ1) is 19.8. The number of benzene rings is 2. The third-order valence-corrected chi connectivity index (χ3v) is 5.55. The maximum Gasteiger partial charge on any atom is 0.258 e. The molecule has 0 radical (unpaired) electrons. The highest BCUT2D eigenvalue weighted by Crippen LogP contribution is 2.27. The number of sulfonamides is 1. The van der Waals surface area contributed by atoms with Crippen molar-refractivity contribution in [3.05, 3.63) is 62.9 Å². The van der Waals surface area contributed by atoms with Crippen molar-refractivity contribution in [1.82, 2.24) is 4.98 Å². The Kier molecular flexibility index (Phi) is 5.85. The highest BCUT2D eigenvalue weighted by molar-refractivity contribution is 9.10. The van der Waals surface area contributed by atoms with E-state index in [9.17, 15) is 13.2 Å². The van der Waals surface area contributed by atoms with Gasteiger partial charge in [-0.2, -0.15) is 0 Å². The summed E-state index contributed by atoms with van der Waals surface area (Å²) in [4.78, 5) is 16.8. The number of carbonyl (C=O) groups is 1. The molecule has 0 bridgehead atoms. The first-order valence-corrected chi connectivity index (χ1v) is 11.5. The fourth-order valence-corrected chi connectivity index (χ4v) is 4.26. The molecule has 0 atom stereocenters. The van der Waals surface area contributed by atoms with E-state index in [0.29, 0.717) is 27.1 Å². The number of nitrogens with one attached hydrogen (secondary N) is 2. The fraction of sp³-hybridized carbons (Fsp3) is 0.0588. The van der Waals surface area contributed by atoms with Crippen LogP contribution in [0.1, 0.15) is 10.4 Å². The maximum atomic E-state index is 12.4. The second-order valence-electron chi connectivity index (χ2n) is 5.57. The average Bonchev–Trinajstić information content (AvgIpc) is 3.02. The van der Waals surface area contributed by atoms with Gasteiger partial charge in [0.05, 0.1) is 22.5 Å². The average molecular weight is 487 g/mol. The van der Waals surface area contributed by atoms with Gasteiger partial charge >= 0.3 is 0 Å². The van der Waals surface area contributed by atoms with Gasteiger partial charge in [-0.25, -0.2) is 13.4 Å². The zero-order valence-electron chi connectivity index (χ0n) is 13.9. The van der Waals surface area contributed by atoms with Gasteiger partial charge < -0.3 is 0 Å². The summed E-state index contributed by atoms with van der Waals surface area (Å²) in [5.41, 5.74) is 2.29. The Morgan fingerprint density at radius 1 is 1.19 bits per heavy atom. The van der Waals surface area contributed by atoms with Crippen molar-refractivity contribution in [2.45, 2.75) is 0 Å². The number of hydrogen-bond donors (Lipinski definition) is 2. The Labute approximate surface area is 173 Å². The molecular formula is C17H13BrClN3O3S2. The van der Waals surface area contributed by atoms with Crippen molar-refractivity contribution < 1.29 is 13.2 Å². The molecule has 27 heavy (non-hydrogen) atoms. The van der Waals surface area contributed by atoms with Crippen LogP contribution in [-0.4, -0.2) is 25.6 Å². The van der Waals surface area contributed by atoms with Crippen molar-refractivity contribution >= 4 is 65.6 Å². The first-order valence-electron chi connectivity index (χ1n) is 7.51. The quantitative estimate of drug-likeness (QED) is 0.539. The van der Waals surface area contributed by atoms with Gasteiger partial charge in [-0.3, -0.25) is 14.8 Å². The van der Waals surface area contributed by atoms with Gasteiger partial charge in [0.15, 0.2) is 5.13 Å². The molecule has 0 fully saturated rings. The monoisotopic (exact) mass is 485 g/mol. The minimum absolute atomic E-state index is 0.340. The molecule has 3 aromatic rings. The van der Waals surface area contributed by atoms with Crippen molar-refractivity contribution in [2.24, 2.45) is 0 Å². The number of aromatic nitrogens is 1. The third-order valence-electron chi connectivity index (χ3n) is 3.38. The molecule has 1 amide bonds. The molecule has 0 aliphatic carbocycles. The normalized spacial score (nSPS) is 11.2. The largest absolute Gasteiger partial charge is 0.298 e. The molecule has 0 aliphatic rings. The van der Waals surface area contributed by atoms with E-state index in [4.69, 9.17) is 11.6 Å². The van der Waals surface area contributed by atoms with Crippen LogP contribution in [0.25, 0.3) is 11.3 Å². The number of amides is 1. The van der Waals surface area contributed by atoms with E-state index in [2.05, 4.69) is 31.0 Å². The van der Waals surface area contributed by atoms with Crippen LogP contribution in [0.3, 0.4) is 0 Å². The smallest absolute Gasteiger partial charge is 0.258 e. The van der Waals surface area contributed by atoms with Crippen LogP contribution in [-0.2, 0) is 10.0 Å². The summed E-state index contributed by atoms with van der Waals surface area (Å²) in [5, 5.41) is 5.31. The molecular weight excluding hydrogens is 474 g/mol. The molecule has 1 heterocycles. The molecule has 10 heteroatoms. The van der Waals surface area contributed by atoms with Crippen LogP contribution in [0.4, 0.5) is 10.8 Å². The maximum absolute atomic E-state index is 12.4. The minimum atomic E-state index is -3.32. The Balaban J connectivity index is 1.74. The van der Waals surface area contributed by atoms with Gasteiger partial charge in [0.2, 0.25) is 10.0 Å². The molecule has 1 aromatic heterocycles. The molecule has 0 aliphatic heterocycles. The van der Waals surface area contributed by atoms with E-state index < -0.39 is 10.0 Å². The summed E-state index contributed by atoms with van der Waals surface area (Å²) in [6, 6.07) is 11.8. The molecule has 0 saturated heterocycles. The zero-order valence-corrected chi connectivity index (χ0v) is 17.8. The molecule has 2 N–H and O–H groups in total. The predicted octanol–water partition coefficient (Wildman–Crippen LogP) is 4.85. The van der Waals surface area contributed by atoms with E-state index in [0.717, 1.165) is 16.3 Å². The Morgan fingerprint density at radius 3 is 2.52 bits per heavy atom. The molecule has 0 spiro atoms. The number of halogens is 2. The minimum Gasteiger partial charge on any atom is -0.298 e. The molecule has 0 unspecified atom stereocenters. The Morgan fingerprint density at radius 2 is 1.89 bits per heavy atom. The number of carbonyl (C=O) groups excluding carboxylic acids is 1. The summed E-state index contributed by atoms with van der Waals surface area (Å²) in [5.74, 6) is -0.346. The van der Waals surface area contributed by atoms with Gasteiger partial charge in [0.1, 0.15) is 0 Å². The standard InChI is InChI=1S/C17H13BrClN3O3S2/c1-27(24,25)22-12-5-2-10(3-6-12)15-9-26-17(20-15)21-16(23)13-7-4-11(18)8-14(13)19/h2-9,22H,1H3,(H,20,21,23). The summed E-state index contributed by atoms with van der Waals surface area (Å²) in [6.07, 6.45) is 1.09. The van der Waals surface area contributed by atoms with Gasteiger partial charge in [0.25, 0.3) is 5.91 Å². The molecule has 6 nitrogen and oxygen atoms in total. The number of thiazole rings is 1. The SMILES string of the molecule is CS(=O)(=O)Nc1ccc(-c2csc(NC(=O)c3ccc(Br)cc3Cl)n2)cc1. The lowest BCUT2D eigenvalue weighted by Crippen LogP contribution is -2.12. The lowest BCUT2D eigenvalue weighted by Gasteiger charge is -2.05. The van der Waals surface area contributed by atoms with Gasteiger partial charge in [-0.15, -0.1) is 11.3 Å².